The molecule has 3 aromatic rings. The first-order chi connectivity index (χ1) is 12.1. The fraction of sp³-hybridized carbons (Fsp3) is 0.312. The van der Waals surface area contributed by atoms with E-state index in [2.05, 4.69) is 14.8 Å². The maximum absolute atomic E-state index is 12.7. The van der Waals surface area contributed by atoms with Crippen molar-refractivity contribution >= 4 is 27.5 Å². The van der Waals surface area contributed by atoms with Crippen LogP contribution < -0.4 is 4.72 Å². The molecule has 0 saturated carbocycles. The Bertz CT molecular complexity index is 1080. The lowest BCUT2D eigenvalue weighted by Crippen LogP contribution is -2.26. The summed E-state index contributed by atoms with van der Waals surface area (Å²) in [6, 6.07) is 6.46. The van der Waals surface area contributed by atoms with Gasteiger partial charge in [-0.05, 0) is 39.0 Å². The van der Waals surface area contributed by atoms with Gasteiger partial charge < -0.3 is 4.74 Å². The fourth-order valence-corrected chi connectivity index (χ4v) is 3.53. The highest BCUT2D eigenvalue weighted by Crippen LogP contribution is 2.23. The molecule has 0 aliphatic heterocycles. The van der Waals surface area contributed by atoms with Crippen LogP contribution in [0.1, 0.15) is 31.3 Å². The highest BCUT2D eigenvalue weighted by molar-refractivity contribution is 7.92. The topological polar surface area (TPSA) is 108 Å². The highest BCUT2D eigenvalue weighted by atomic mass is 32.2. The highest BCUT2D eigenvalue weighted by Gasteiger charge is 2.28. The van der Waals surface area contributed by atoms with Gasteiger partial charge in [0.05, 0.1) is 6.20 Å². The van der Waals surface area contributed by atoms with Gasteiger partial charge in [0.15, 0.2) is 16.5 Å². The maximum Gasteiger partial charge on any atom is 0.359 e. The van der Waals surface area contributed by atoms with E-state index in [1.807, 2.05) is 0 Å². The molecule has 26 heavy (non-hydrogen) atoms. The molecule has 10 heteroatoms. The summed E-state index contributed by atoms with van der Waals surface area (Å²) in [5, 5.41) is 3.80. The number of carbonyl (C=O) groups excluding carboxylic acids is 1. The second kappa shape index (κ2) is 6.13. The number of ether oxygens (including phenoxy) is 1. The van der Waals surface area contributed by atoms with Crippen LogP contribution in [0.3, 0.4) is 0 Å². The quantitative estimate of drug-likeness (QED) is 0.695. The largest absolute Gasteiger partial charge is 0.455 e. The van der Waals surface area contributed by atoms with Crippen LogP contribution in [0.2, 0.25) is 0 Å². The Morgan fingerprint density at radius 2 is 1.96 bits per heavy atom. The Morgan fingerprint density at radius 1 is 1.23 bits per heavy atom. The van der Waals surface area contributed by atoms with Crippen LogP contribution in [-0.4, -0.2) is 39.2 Å². The number of anilines is 1. The molecule has 0 aromatic carbocycles. The number of hydrogen-bond acceptors (Lipinski definition) is 6. The van der Waals surface area contributed by atoms with E-state index in [-0.39, 0.29) is 16.5 Å². The van der Waals surface area contributed by atoms with Crippen LogP contribution in [0.4, 0.5) is 5.82 Å². The standard InChI is InChI=1S/C16H19N5O4S/c1-16(2,3)25-15(22)13-14(18-11-7-5-6-10-21(11)13)19-26(23,24)12-8-9-17-20(12)4/h5-10,19H,1-4H3. The van der Waals surface area contributed by atoms with Gasteiger partial charge in [0, 0.05) is 13.2 Å². The molecule has 0 fully saturated rings. The van der Waals surface area contributed by atoms with E-state index in [0.717, 1.165) is 0 Å². The molecular weight excluding hydrogens is 358 g/mol. The second-order valence-electron chi connectivity index (χ2n) is 6.64. The minimum absolute atomic E-state index is 0.00117. The van der Waals surface area contributed by atoms with Gasteiger partial charge in [-0.3, -0.25) is 13.8 Å². The minimum atomic E-state index is -3.98. The summed E-state index contributed by atoms with van der Waals surface area (Å²) in [4.78, 5) is 16.9. The van der Waals surface area contributed by atoms with E-state index in [0.29, 0.717) is 5.65 Å². The molecular formula is C16H19N5O4S. The number of aromatic nitrogens is 4. The monoisotopic (exact) mass is 377 g/mol. The van der Waals surface area contributed by atoms with Crippen LogP contribution >= 0.6 is 0 Å². The summed E-state index contributed by atoms with van der Waals surface area (Å²) in [7, 11) is -2.47. The van der Waals surface area contributed by atoms with Crippen LogP contribution in [0, 0.1) is 0 Å². The predicted molar refractivity (Wildman–Crippen MR) is 94.4 cm³/mol. The van der Waals surface area contributed by atoms with Gasteiger partial charge in [0.2, 0.25) is 0 Å². The zero-order valence-corrected chi connectivity index (χ0v) is 15.6. The lowest BCUT2D eigenvalue weighted by molar-refractivity contribution is 0.00631. The molecule has 0 atom stereocenters. The van der Waals surface area contributed by atoms with Crippen LogP contribution in [0.5, 0.6) is 0 Å². The zero-order chi connectivity index (χ0) is 19.1. The van der Waals surface area contributed by atoms with Crippen molar-refractivity contribution < 1.29 is 17.9 Å². The normalized spacial score (nSPS) is 12.3. The van der Waals surface area contributed by atoms with Gasteiger partial charge in [0.1, 0.15) is 11.2 Å². The van der Waals surface area contributed by atoms with E-state index < -0.39 is 21.6 Å². The number of sulfonamides is 1. The first-order valence-corrected chi connectivity index (χ1v) is 9.28. The third kappa shape index (κ3) is 3.40. The molecule has 3 rings (SSSR count). The Balaban J connectivity index is 2.10. The van der Waals surface area contributed by atoms with Crippen LogP contribution in [0.15, 0.2) is 41.7 Å². The van der Waals surface area contributed by atoms with E-state index in [1.165, 1.54) is 28.4 Å². The fourth-order valence-electron chi connectivity index (χ4n) is 2.39. The van der Waals surface area contributed by atoms with Crippen LogP contribution in [-0.2, 0) is 21.8 Å². The summed E-state index contributed by atoms with van der Waals surface area (Å²) in [6.07, 6.45) is 2.98. The minimum Gasteiger partial charge on any atom is -0.455 e. The lowest BCUT2D eigenvalue weighted by Gasteiger charge is -2.19. The Kier molecular flexibility index (Phi) is 4.23. The van der Waals surface area contributed by atoms with Gasteiger partial charge in [-0.1, -0.05) is 6.07 Å². The number of esters is 1. The van der Waals surface area contributed by atoms with Gasteiger partial charge >= 0.3 is 5.97 Å². The van der Waals surface area contributed by atoms with E-state index in [1.54, 1.807) is 45.2 Å². The maximum atomic E-state index is 12.7. The zero-order valence-electron chi connectivity index (χ0n) is 14.8. The number of hydrogen-bond donors (Lipinski definition) is 1. The molecule has 138 valence electrons. The molecule has 0 aliphatic rings. The summed E-state index contributed by atoms with van der Waals surface area (Å²) >= 11 is 0. The summed E-state index contributed by atoms with van der Waals surface area (Å²) < 4.78 is 35.8. The lowest BCUT2D eigenvalue weighted by atomic mass is 10.2. The molecule has 0 amide bonds. The summed E-state index contributed by atoms with van der Waals surface area (Å²) in [5.74, 6) is -0.787. The molecule has 0 radical (unpaired) electrons. The Morgan fingerprint density at radius 3 is 2.58 bits per heavy atom. The number of pyridine rings is 1. The molecule has 3 heterocycles. The van der Waals surface area contributed by atoms with Crippen molar-refractivity contribution in [2.24, 2.45) is 7.05 Å². The van der Waals surface area contributed by atoms with E-state index >= 15 is 0 Å². The van der Waals surface area contributed by atoms with Crippen molar-refractivity contribution in [2.75, 3.05) is 4.72 Å². The molecule has 0 spiro atoms. The van der Waals surface area contributed by atoms with Crippen molar-refractivity contribution in [3.63, 3.8) is 0 Å². The molecule has 9 nitrogen and oxygen atoms in total. The summed E-state index contributed by atoms with van der Waals surface area (Å²) in [6.45, 7) is 5.19. The number of nitrogens with one attached hydrogen (secondary N) is 1. The predicted octanol–water partition coefficient (Wildman–Crippen LogP) is 1.82. The smallest absolute Gasteiger partial charge is 0.359 e. The number of fused-ring (bicyclic) bond motifs is 1. The average molecular weight is 377 g/mol. The number of aryl methyl sites for hydroxylation is 1. The van der Waals surface area contributed by atoms with Crippen molar-refractivity contribution in [2.45, 2.75) is 31.4 Å². The van der Waals surface area contributed by atoms with E-state index in [4.69, 9.17) is 4.74 Å². The molecule has 0 saturated heterocycles. The number of imidazole rings is 1. The van der Waals surface area contributed by atoms with Crippen molar-refractivity contribution in [3.05, 3.63) is 42.4 Å². The molecule has 0 unspecified atom stereocenters. The second-order valence-corrected chi connectivity index (χ2v) is 8.27. The van der Waals surface area contributed by atoms with Crippen LogP contribution in [0.25, 0.3) is 5.65 Å². The van der Waals surface area contributed by atoms with Gasteiger partial charge in [-0.15, -0.1) is 0 Å². The Labute approximate surface area is 150 Å². The first-order valence-electron chi connectivity index (χ1n) is 7.80. The molecule has 3 aromatic heterocycles. The third-order valence-electron chi connectivity index (χ3n) is 3.40. The van der Waals surface area contributed by atoms with Gasteiger partial charge in [-0.2, -0.15) is 13.5 Å². The number of nitrogens with zero attached hydrogens (tertiary/aromatic N) is 4. The average Bonchev–Trinajstić information content (AvgIpc) is 3.08. The Hall–Kier alpha value is -2.88. The summed E-state index contributed by atoms with van der Waals surface area (Å²) in [5.41, 5.74) is -0.328. The molecule has 1 N–H and O–H groups in total. The van der Waals surface area contributed by atoms with Gasteiger partial charge in [0.25, 0.3) is 10.0 Å². The van der Waals surface area contributed by atoms with Crippen molar-refractivity contribution in [1.82, 2.24) is 19.2 Å². The van der Waals surface area contributed by atoms with E-state index in [9.17, 15) is 13.2 Å². The molecule has 0 bridgehead atoms. The SMILES string of the molecule is Cn1nccc1S(=O)(=O)Nc1nc2ccccn2c1C(=O)OC(C)(C)C. The van der Waals surface area contributed by atoms with Crippen molar-refractivity contribution in [1.29, 1.82) is 0 Å². The first kappa shape index (κ1) is 17.9. The number of carbonyl (C=O) groups is 1. The van der Waals surface area contributed by atoms with Crippen molar-refractivity contribution in [3.8, 4) is 0 Å². The molecule has 0 aliphatic carbocycles. The van der Waals surface area contributed by atoms with Gasteiger partial charge in [-0.25, -0.2) is 9.78 Å². The number of rotatable bonds is 4. The third-order valence-corrected chi connectivity index (χ3v) is 4.82.